The van der Waals surface area contributed by atoms with Gasteiger partial charge in [-0.25, -0.2) is 0 Å². The Hall–Kier alpha value is -8.14. The molecule has 1 heterocycles. The van der Waals surface area contributed by atoms with Crippen LogP contribution in [0.5, 0.6) is 0 Å². The van der Waals surface area contributed by atoms with Crippen LogP contribution in [0.2, 0.25) is 0 Å². The summed E-state index contributed by atoms with van der Waals surface area (Å²) in [4.78, 5) is 4.99. The van der Waals surface area contributed by atoms with Crippen molar-refractivity contribution in [3.63, 3.8) is 0 Å². The number of nitrogens with zero attached hydrogens (tertiary/aromatic N) is 3. The van der Waals surface area contributed by atoms with E-state index < -0.39 is 0 Å². The molecule has 2 aliphatic carbocycles. The maximum atomic E-state index is 2.55. The molecule has 1 aromatic heterocycles. The molecule has 3 nitrogen and oxygen atoms in total. The van der Waals surface area contributed by atoms with Crippen molar-refractivity contribution in [1.82, 2.24) is 4.57 Å². The van der Waals surface area contributed by atoms with Gasteiger partial charge in [-0.05, 0) is 130 Å². The zero-order valence-electron chi connectivity index (χ0n) is 37.2. The molecule has 10 aromatic rings. The third-order valence-corrected chi connectivity index (χ3v) is 13.9. The standard InChI is InChI=1S/C63H49N3/c1-63(2)58-29-17-15-27-53(58)54-38-36-52(43-59(54)63)64(47-21-9-4-10-22-47)51-37-40-61(65(48-23-11-5-12-24-48)50-34-31-45(32-35-50)44-19-7-3-8-20-44)56(42-51)46-33-39-62-57(41-46)55-28-16-18-30-60(55)66(62)49-25-13-6-14-26-49/h3-34,36-43,50H,35H2,1-2H3. The Balaban J connectivity index is 1.07. The van der Waals surface area contributed by atoms with Crippen LogP contribution in [0.25, 0.3) is 55.3 Å². The molecule has 1 atom stereocenters. The summed E-state index contributed by atoms with van der Waals surface area (Å²) in [5.74, 6) is 0. The molecule has 66 heavy (non-hydrogen) atoms. The normalized spacial score (nSPS) is 14.8. The lowest BCUT2D eigenvalue weighted by molar-refractivity contribution is 0.660. The van der Waals surface area contributed by atoms with E-state index in [4.69, 9.17) is 0 Å². The van der Waals surface area contributed by atoms with Gasteiger partial charge in [-0.2, -0.15) is 0 Å². The number of hydrogen-bond acceptors (Lipinski definition) is 2. The van der Waals surface area contributed by atoms with Crippen molar-refractivity contribution in [1.29, 1.82) is 0 Å². The lowest BCUT2D eigenvalue weighted by Crippen LogP contribution is -2.30. The number of anilines is 5. The van der Waals surface area contributed by atoms with Gasteiger partial charge in [0, 0.05) is 55.9 Å². The number of rotatable bonds is 9. The smallest absolute Gasteiger partial charge is 0.0560 e. The molecular weight excluding hydrogens is 799 g/mol. The molecule has 12 rings (SSSR count). The minimum absolute atomic E-state index is 0.0824. The largest absolute Gasteiger partial charge is 0.334 e. The van der Waals surface area contributed by atoms with Crippen LogP contribution >= 0.6 is 0 Å². The highest BCUT2D eigenvalue weighted by Crippen LogP contribution is 2.51. The van der Waals surface area contributed by atoms with Crippen LogP contribution in [0.1, 0.15) is 37.0 Å². The van der Waals surface area contributed by atoms with E-state index in [1.165, 1.54) is 55.2 Å². The van der Waals surface area contributed by atoms with Crippen molar-refractivity contribution in [3.8, 4) is 27.9 Å². The summed E-state index contributed by atoms with van der Waals surface area (Å²) in [6.45, 7) is 4.73. The van der Waals surface area contributed by atoms with Gasteiger partial charge in [0.25, 0.3) is 0 Å². The average molecular weight is 848 g/mol. The molecule has 316 valence electrons. The summed E-state index contributed by atoms with van der Waals surface area (Å²) in [5.41, 5.74) is 19.2. The fourth-order valence-electron chi connectivity index (χ4n) is 10.7. The second-order valence-corrected chi connectivity index (χ2v) is 18.1. The second-order valence-electron chi connectivity index (χ2n) is 18.1. The first-order chi connectivity index (χ1) is 32.5. The third-order valence-electron chi connectivity index (χ3n) is 13.9. The molecule has 0 spiro atoms. The Labute approximate surface area is 387 Å². The Morgan fingerprint density at radius 3 is 1.83 bits per heavy atom. The predicted molar refractivity (Wildman–Crippen MR) is 279 cm³/mol. The molecule has 2 aliphatic rings. The first kappa shape index (κ1) is 39.5. The van der Waals surface area contributed by atoms with Crippen molar-refractivity contribution in [2.24, 2.45) is 0 Å². The minimum atomic E-state index is -0.133. The van der Waals surface area contributed by atoms with Crippen LogP contribution in [0, 0.1) is 0 Å². The Kier molecular flexibility index (Phi) is 9.65. The number of benzene rings is 9. The number of allylic oxidation sites excluding steroid dienone is 2. The lowest BCUT2D eigenvalue weighted by Gasteiger charge is -2.36. The summed E-state index contributed by atoms with van der Waals surface area (Å²) in [5, 5.41) is 2.46. The maximum Gasteiger partial charge on any atom is 0.0560 e. The Morgan fingerprint density at radius 2 is 1.08 bits per heavy atom. The van der Waals surface area contributed by atoms with Crippen LogP contribution in [-0.2, 0) is 5.41 Å². The van der Waals surface area contributed by atoms with Crippen LogP contribution < -0.4 is 9.80 Å². The van der Waals surface area contributed by atoms with Crippen molar-refractivity contribution in [3.05, 3.63) is 259 Å². The van der Waals surface area contributed by atoms with E-state index in [0.717, 1.165) is 51.7 Å². The lowest BCUT2D eigenvalue weighted by atomic mass is 9.82. The van der Waals surface area contributed by atoms with Crippen LogP contribution in [0.4, 0.5) is 28.4 Å². The van der Waals surface area contributed by atoms with E-state index in [1.54, 1.807) is 0 Å². The molecule has 0 fully saturated rings. The molecule has 1 unspecified atom stereocenters. The van der Waals surface area contributed by atoms with Gasteiger partial charge in [-0.3, -0.25) is 0 Å². The first-order valence-corrected chi connectivity index (χ1v) is 23.1. The topological polar surface area (TPSA) is 11.4 Å². The predicted octanol–water partition coefficient (Wildman–Crippen LogP) is 16.8. The van der Waals surface area contributed by atoms with Crippen molar-refractivity contribution in [2.75, 3.05) is 9.80 Å². The van der Waals surface area contributed by atoms with E-state index in [2.05, 4.69) is 271 Å². The second kappa shape index (κ2) is 16.1. The molecule has 9 aromatic carbocycles. The van der Waals surface area contributed by atoms with Crippen LogP contribution in [0.3, 0.4) is 0 Å². The van der Waals surface area contributed by atoms with Crippen molar-refractivity contribution < 1.29 is 0 Å². The van der Waals surface area contributed by atoms with E-state index in [-0.39, 0.29) is 11.5 Å². The van der Waals surface area contributed by atoms with Crippen molar-refractivity contribution in [2.45, 2.75) is 31.7 Å². The fourth-order valence-corrected chi connectivity index (χ4v) is 10.7. The zero-order chi connectivity index (χ0) is 44.2. The number of fused-ring (bicyclic) bond motifs is 6. The number of hydrogen-bond donors (Lipinski definition) is 0. The van der Waals surface area contributed by atoms with Gasteiger partial charge in [0.1, 0.15) is 0 Å². The highest BCUT2D eigenvalue weighted by molar-refractivity contribution is 6.11. The van der Waals surface area contributed by atoms with E-state index in [1.807, 2.05) is 0 Å². The van der Waals surface area contributed by atoms with Gasteiger partial charge in [0.2, 0.25) is 0 Å². The van der Waals surface area contributed by atoms with Gasteiger partial charge in [0.15, 0.2) is 0 Å². The molecular formula is C63H49N3. The molecule has 0 radical (unpaired) electrons. The van der Waals surface area contributed by atoms with E-state index in [0.29, 0.717) is 0 Å². The van der Waals surface area contributed by atoms with E-state index >= 15 is 0 Å². The quantitative estimate of drug-likeness (QED) is 0.143. The van der Waals surface area contributed by atoms with Gasteiger partial charge in [0.05, 0.1) is 17.1 Å². The van der Waals surface area contributed by atoms with Gasteiger partial charge in [-0.1, -0.05) is 172 Å². The molecule has 0 N–H and O–H groups in total. The minimum Gasteiger partial charge on any atom is -0.334 e. The molecule has 0 bridgehead atoms. The summed E-state index contributed by atoms with van der Waals surface area (Å²) in [6, 6.07) is 82.3. The highest BCUT2D eigenvalue weighted by atomic mass is 15.2. The third kappa shape index (κ3) is 6.66. The fraction of sp³-hybridized carbons (Fsp3) is 0.0794. The molecule has 0 aliphatic heterocycles. The van der Waals surface area contributed by atoms with Gasteiger partial charge in [-0.15, -0.1) is 0 Å². The van der Waals surface area contributed by atoms with Crippen molar-refractivity contribution >= 4 is 55.8 Å². The molecule has 3 heteroatoms. The molecule has 0 saturated carbocycles. The highest BCUT2D eigenvalue weighted by Gasteiger charge is 2.36. The van der Waals surface area contributed by atoms with Crippen LogP contribution in [-0.4, -0.2) is 10.6 Å². The monoisotopic (exact) mass is 847 g/mol. The van der Waals surface area contributed by atoms with E-state index in [9.17, 15) is 0 Å². The van der Waals surface area contributed by atoms with Gasteiger partial charge >= 0.3 is 0 Å². The average Bonchev–Trinajstić information content (AvgIpc) is 3.83. The number of aromatic nitrogens is 1. The summed E-state index contributed by atoms with van der Waals surface area (Å²) >= 11 is 0. The first-order valence-electron chi connectivity index (χ1n) is 23.1. The zero-order valence-corrected chi connectivity index (χ0v) is 37.2. The SMILES string of the molecule is CC1(C)c2ccccc2-c2ccc(N(c3ccccc3)c3ccc(N(c4ccccc4)C4C=CC(c5ccccc5)=CC4)c(-c4ccc5c(c4)c4ccccc4n5-c4ccccc4)c3)cc21. The molecule has 0 amide bonds. The summed E-state index contributed by atoms with van der Waals surface area (Å²) in [7, 11) is 0. The number of para-hydroxylation sites is 4. The molecule has 0 saturated heterocycles. The Bertz CT molecular complexity index is 3470. The summed E-state index contributed by atoms with van der Waals surface area (Å²) in [6.07, 6.45) is 7.97. The Morgan fingerprint density at radius 1 is 0.455 bits per heavy atom. The maximum absolute atomic E-state index is 2.55. The van der Waals surface area contributed by atoms with Gasteiger partial charge < -0.3 is 14.4 Å². The van der Waals surface area contributed by atoms with Crippen LogP contribution in [0.15, 0.2) is 243 Å². The summed E-state index contributed by atoms with van der Waals surface area (Å²) < 4.78 is 2.40.